The molecule has 0 aliphatic carbocycles. The van der Waals surface area contributed by atoms with Gasteiger partial charge in [0.2, 0.25) is 0 Å². The van der Waals surface area contributed by atoms with E-state index in [0.29, 0.717) is 29.0 Å². The Bertz CT molecular complexity index is 557. The number of halogens is 2. The summed E-state index contributed by atoms with van der Waals surface area (Å²) in [4.78, 5) is 8.31. The lowest BCUT2D eigenvalue weighted by Crippen LogP contribution is -2.11. The highest BCUT2D eigenvalue weighted by Crippen LogP contribution is 2.22. The zero-order chi connectivity index (χ0) is 12.4. The van der Waals surface area contributed by atoms with Gasteiger partial charge in [0.25, 0.3) is 0 Å². The maximum absolute atomic E-state index is 13.1. The van der Waals surface area contributed by atoms with Gasteiger partial charge in [-0.2, -0.15) is 0 Å². The van der Waals surface area contributed by atoms with Crippen molar-refractivity contribution in [3.8, 4) is 0 Å². The average Bonchev–Trinajstić information content (AvgIpc) is 2.31. The van der Waals surface area contributed by atoms with Gasteiger partial charge in [-0.05, 0) is 12.5 Å². The third-order valence-electron chi connectivity index (χ3n) is 2.39. The Morgan fingerprint density at radius 1 is 1.24 bits per heavy atom. The molecule has 4 nitrogen and oxygen atoms in total. The number of hydrazine groups is 1. The monoisotopic (exact) mass is 238 g/mol. The zero-order valence-corrected chi connectivity index (χ0v) is 9.30. The first-order valence-electron chi connectivity index (χ1n) is 5.28. The van der Waals surface area contributed by atoms with Crippen LogP contribution in [0.5, 0.6) is 0 Å². The summed E-state index contributed by atoms with van der Waals surface area (Å²) in [6.07, 6.45) is 1.52. The lowest BCUT2D eigenvalue weighted by atomic mass is 10.2. The quantitative estimate of drug-likeness (QED) is 0.635. The minimum absolute atomic E-state index is 0.303. The van der Waals surface area contributed by atoms with Crippen LogP contribution < -0.4 is 11.3 Å². The second kappa shape index (κ2) is 4.58. The average molecular weight is 238 g/mol. The van der Waals surface area contributed by atoms with Crippen molar-refractivity contribution in [3.05, 3.63) is 29.6 Å². The fraction of sp³-hybridized carbons (Fsp3) is 0.273. The molecule has 0 saturated heterocycles. The summed E-state index contributed by atoms with van der Waals surface area (Å²) >= 11 is 0. The first-order valence-corrected chi connectivity index (χ1v) is 5.28. The number of nitrogens with zero attached hydrogens (tertiary/aromatic N) is 2. The number of anilines is 1. The number of benzene rings is 1. The van der Waals surface area contributed by atoms with Gasteiger partial charge < -0.3 is 5.43 Å². The van der Waals surface area contributed by atoms with Crippen LogP contribution in [0.15, 0.2) is 12.1 Å². The first kappa shape index (κ1) is 11.7. The molecule has 2 rings (SSSR count). The summed E-state index contributed by atoms with van der Waals surface area (Å²) in [5.41, 5.74) is 2.72. The summed E-state index contributed by atoms with van der Waals surface area (Å²) < 4.78 is 26.2. The van der Waals surface area contributed by atoms with Crippen LogP contribution in [0, 0.1) is 11.6 Å². The van der Waals surface area contributed by atoms with Crippen LogP contribution in [0.2, 0.25) is 0 Å². The van der Waals surface area contributed by atoms with Gasteiger partial charge in [0.05, 0.1) is 5.52 Å². The van der Waals surface area contributed by atoms with Crippen LogP contribution in [0.3, 0.4) is 0 Å². The number of rotatable bonds is 3. The summed E-state index contributed by atoms with van der Waals surface area (Å²) in [5, 5.41) is 0.367. The van der Waals surface area contributed by atoms with Crippen LogP contribution in [-0.4, -0.2) is 9.97 Å². The van der Waals surface area contributed by atoms with E-state index in [1.54, 1.807) is 0 Å². The Balaban J connectivity index is 2.68. The molecule has 0 radical (unpaired) electrons. The highest BCUT2D eigenvalue weighted by atomic mass is 19.2. The van der Waals surface area contributed by atoms with Gasteiger partial charge in [-0.3, -0.25) is 0 Å². The molecule has 1 aromatic heterocycles. The van der Waals surface area contributed by atoms with E-state index in [4.69, 9.17) is 5.84 Å². The molecule has 0 aliphatic heterocycles. The number of fused-ring (bicyclic) bond motifs is 1. The van der Waals surface area contributed by atoms with Crippen molar-refractivity contribution in [1.29, 1.82) is 0 Å². The minimum Gasteiger partial charge on any atom is -0.308 e. The van der Waals surface area contributed by atoms with Gasteiger partial charge in [-0.25, -0.2) is 24.6 Å². The van der Waals surface area contributed by atoms with Crippen molar-refractivity contribution in [2.75, 3.05) is 5.43 Å². The van der Waals surface area contributed by atoms with Gasteiger partial charge in [0.1, 0.15) is 5.82 Å². The maximum Gasteiger partial charge on any atom is 0.161 e. The van der Waals surface area contributed by atoms with E-state index in [2.05, 4.69) is 15.4 Å². The molecule has 2 aromatic rings. The molecular formula is C11H12F2N4. The highest BCUT2D eigenvalue weighted by molar-refractivity contribution is 5.89. The predicted molar refractivity (Wildman–Crippen MR) is 61.3 cm³/mol. The molecule has 0 bridgehead atoms. The fourth-order valence-corrected chi connectivity index (χ4v) is 1.62. The maximum atomic E-state index is 13.1. The van der Waals surface area contributed by atoms with Gasteiger partial charge >= 0.3 is 0 Å². The normalized spacial score (nSPS) is 10.8. The van der Waals surface area contributed by atoms with E-state index in [1.165, 1.54) is 0 Å². The Morgan fingerprint density at radius 2 is 1.94 bits per heavy atom. The minimum atomic E-state index is -0.944. The van der Waals surface area contributed by atoms with Gasteiger partial charge in [-0.15, -0.1) is 0 Å². The topological polar surface area (TPSA) is 63.8 Å². The second-order valence-corrected chi connectivity index (χ2v) is 3.67. The molecule has 0 unspecified atom stereocenters. The zero-order valence-electron chi connectivity index (χ0n) is 9.30. The molecule has 6 heteroatoms. The van der Waals surface area contributed by atoms with Gasteiger partial charge in [0.15, 0.2) is 17.5 Å². The molecule has 0 amide bonds. The van der Waals surface area contributed by atoms with Crippen molar-refractivity contribution < 1.29 is 8.78 Å². The Morgan fingerprint density at radius 3 is 2.59 bits per heavy atom. The number of hydrogen-bond acceptors (Lipinski definition) is 4. The smallest absolute Gasteiger partial charge is 0.161 e. The van der Waals surface area contributed by atoms with Gasteiger partial charge in [-0.1, -0.05) is 6.92 Å². The number of nitrogen functional groups attached to an aromatic ring is 1. The molecule has 0 fully saturated rings. The van der Waals surface area contributed by atoms with E-state index in [9.17, 15) is 8.78 Å². The lowest BCUT2D eigenvalue weighted by Gasteiger charge is -2.07. The molecule has 1 heterocycles. The lowest BCUT2D eigenvalue weighted by molar-refractivity contribution is 0.510. The SMILES string of the molecule is CCCc1nc(NN)c2cc(F)c(F)cc2n1. The van der Waals surface area contributed by atoms with E-state index in [0.717, 1.165) is 18.6 Å². The largest absolute Gasteiger partial charge is 0.308 e. The molecule has 17 heavy (non-hydrogen) atoms. The standard InChI is InChI=1S/C11H12F2N4/c1-2-3-10-15-9-5-8(13)7(12)4-6(9)11(16-10)17-14/h4-5H,2-3,14H2,1H3,(H,15,16,17). The van der Waals surface area contributed by atoms with Crippen molar-refractivity contribution in [3.63, 3.8) is 0 Å². The van der Waals surface area contributed by atoms with Crippen LogP contribution in [-0.2, 0) is 6.42 Å². The third-order valence-corrected chi connectivity index (χ3v) is 2.39. The molecule has 3 N–H and O–H groups in total. The highest BCUT2D eigenvalue weighted by Gasteiger charge is 2.11. The molecule has 1 aromatic carbocycles. The summed E-state index contributed by atoms with van der Waals surface area (Å²) in [6, 6.07) is 2.09. The van der Waals surface area contributed by atoms with Crippen LogP contribution in [0.1, 0.15) is 19.2 Å². The van der Waals surface area contributed by atoms with E-state index >= 15 is 0 Å². The van der Waals surface area contributed by atoms with Crippen LogP contribution >= 0.6 is 0 Å². The first-order chi connectivity index (χ1) is 8.15. The molecule has 0 atom stereocenters. The Kier molecular flexibility index (Phi) is 3.14. The second-order valence-electron chi connectivity index (χ2n) is 3.67. The number of nitrogens with two attached hydrogens (primary N) is 1. The van der Waals surface area contributed by atoms with Crippen molar-refractivity contribution in [2.45, 2.75) is 19.8 Å². The van der Waals surface area contributed by atoms with Gasteiger partial charge in [0, 0.05) is 17.9 Å². The van der Waals surface area contributed by atoms with E-state index < -0.39 is 11.6 Å². The predicted octanol–water partition coefficient (Wildman–Crippen LogP) is 2.15. The number of hydrogen-bond donors (Lipinski definition) is 2. The summed E-state index contributed by atoms with van der Waals surface area (Å²) in [5.74, 6) is 4.30. The van der Waals surface area contributed by atoms with Crippen LogP contribution in [0.25, 0.3) is 10.9 Å². The van der Waals surface area contributed by atoms with E-state index in [1.807, 2.05) is 6.92 Å². The molecule has 0 saturated carbocycles. The van der Waals surface area contributed by atoms with Crippen molar-refractivity contribution in [2.24, 2.45) is 5.84 Å². The fourth-order valence-electron chi connectivity index (χ4n) is 1.62. The third kappa shape index (κ3) is 2.16. The van der Waals surface area contributed by atoms with Crippen molar-refractivity contribution >= 4 is 16.7 Å². The Hall–Kier alpha value is -1.82. The Labute approximate surface area is 96.8 Å². The number of nitrogens with one attached hydrogen (secondary N) is 1. The van der Waals surface area contributed by atoms with E-state index in [-0.39, 0.29) is 0 Å². The molecule has 90 valence electrons. The van der Waals surface area contributed by atoms with Crippen LogP contribution in [0.4, 0.5) is 14.6 Å². The summed E-state index contributed by atoms with van der Waals surface area (Å²) in [7, 11) is 0. The molecule has 0 aliphatic rings. The molecular weight excluding hydrogens is 226 g/mol. The summed E-state index contributed by atoms with van der Waals surface area (Å²) in [6.45, 7) is 1.98. The molecule has 0 spiro atoms. The van der Waals surface area contributed by atoms with Crippen molar-refractivity contribution in [1.82, 2.24) is 9.97 Å². The number of aryl methyl sites for hydroxylation is 1. The number of aromatic nitrogens is 2.